The van der Waals surface area contributed by atoms with Gasteiger partial charge in [-0.25, -0.2) is 0 Å². The summed E-state index contributed by atoms with van der Waals surface area (Å²) in [4.78, 5) is 2.38. The van der Waals surface area contributed by atoms with Crippen molar-refractivity contribution in [2.45, 2.75) is 76.0 Å². The highest BCUT2D eigenvalue weighted by atomic mass is 16.5. The van der Waals surface area contributed by atoms with Crippen LogP contribution in [0.1, 0.15) is 58.8 Å². The molecule has 2 atom stereocenters. The van der Waals surface area contributed by atoms with E-state index in [0.717, 1.165) is 25.9 Å². The fourth-order valence-electron chi connectivity index (χ4n) is 4.60. The van der Waals surface area contributed by atoms with Crippen LogP contribution >= 0.6 is 0 Å². The summed E-state index contributed by atoms with van der Waals surface area (Å²) in [6.07, 6.45) is 8.37. The fraction of sp³-hybridized carbons (Fsp3) is 1.00. The summed E-state index contributed by atoms with van der Waals surface area (Å²) in [7, 11) is 4.38. The first-order valence-electron chi connectivity index (χ1n) is 8.31. The minimum absolute atomic E-state index is 0.141. The van der Waals surface area contributed by atoms with Gasteiger partial charge in [0.1, 0.15) is 0 Å². The molecular formula is C16H33N3O. The third-order valence-corrected chi connectivity index (χ3v) is 6.14. The van der Waals surface area contributed by atoms with E-state index in [0.29, 0.717) is 12.0 Å². The highest BCUT2D eigenvalue weighted by Gasteiger charge is 2.49. The Bertz CT molecular complexity index is 311. The second-order valence-electron chi connectivity index (χ2n) is 6.99. The largest absolute Gasteiger partial charge is 0.375 e. The van der Waals surface area contributed by atoms with Gasteiger partial charge in [-0.2, -0.15) is 0 Å². The topological polar surface area (TPSA) is 50.5 Å². The van der Waals surface area contributed by atoms with Gasteiger partial charge in [0.05, 0.1) is 5.60 Å². The first kappa shape index (κ1) is 16.2. The number of ether oxygens (including phenoxy) is 1. The quantitative estimate of drug-likeness (QED) is 0.580. The van der Waals surface area contributed by atoms with Crippen molar-refractivity contribution in [2.24, 2.45) is 11.8 Å². The number of hydrazine groups is 1. The molecule has 1 saturated heterocycles. The van der Waals surface area contributed by atoms with Crippen LogP contribution in [0.25, 0.3) is 0 Å². The first-order valence-corrected chi connectivity index (χ1v) is 8.31. The number of hydrogen-bond acceptors (Lipinski definition) is 4. The zero-order valence-corrected chi connectivity index (χ0v) is 13.7. The van der Waals surface area contributed by atoms with Gasteiger partial charge in [0.2, 0.25) is 0 Å². The third-order valence-electron chi connectivity index (χ3n) is 6.14. The molecule has 2 aliphatic rings. The Labute approximate surface area is 124 Å². The predicted molar refractivity (Wildman–Crippen MR) is 83.4 cm³/mol. The maximum Gasteiger partial charge on any atom is 0.0685 e. The average molecular weight is 283 g/mol. The highest BCUT2D eigenvalue weighted by Crippen LogP contribution is 2.46. The molecule has 1 spiro atoms. The van der Waals surface area contributed by atoms with Crippen molar-refractivity contribution in [1.82, 2.24) is 10.3 Å². The minimum Gasteiger partial charge on any atom is -0.375 e. The summed E-state index contributed by atoms with van der Waals surface area (Å²) < 4.78 is 6.08. The normalized spacial score (nSPS) is 27.6. The second-order valence-corrected chi connectivity index (χ2v) is 6.99. The number of hydrogen-bond donors (Lipinski definition) is 2. The Kier molecular flexibility index (Phi) is 5.11. The molecule has 2 fully saturated rings. The lowest BCUT2D eigenvalue weighted by Crippen LogP contribution is -2.65. The molecule has 2 unspecified atom stereocenters. The summed E-state index contributed by atoms with van der Waals surface area (Å²) in [5.74, 6) is 6.63. The lowest BCUT2D eigenvalue weighted by atomic mass is 9.66. The van der Waals surface area contributed by atoms with E-state index < -0.39 is 0 Å². The first-order chi connectivity index (χ1) is 9.53. The molecule has 0 amide bonds. The fourth-order valence-corrected chi connectivity index (χ4v) is 4.60. The molecule has 118 valence electrons. The Hall–Kier alpha value is -0.160. The van der Waals surface area contributed by atoms with Crippen LogP contribution in [0.4, 0.5) is 0 Å². The maximum atomic E-state index is 6.08. The predicted octanol–water partition coefficient (Wildman–Crippen LogP) is 2.29. The highest BCUT2D eigenvalue weighted by molar-refractivity contribution is 5.04. The van der Waals surface area contributed by atoms with E-state index in [-0.39, 0.29) is 11.1 Å². The Balaban J connectivity index is 2.17. The summed E-state index contributed by atoms with van der Waals surface area (Å²) in [5.41, 5.74) is 3.52. The van der Waals surface area contributed by atoms with Crippen LogP contribution in [0.2, 0.25) is 0 Å². The van der Waals surface area contributed by atoms with Crippen molar-refractivity contribution in [3.05, 3.63) is 0 Å². The lowest BCUT2D eigenvalue weighted by Gasteiger charge is -2.53. The van der Waals surface area contributed by atoms with Crippen molar-refractivity contribution in [3.63, 3.8) is 0 Å². The van der Waals surface area contributed by atoms with Crippen LogP contribution in [0, 0.1) is 5.92 Å². The molecule has 0 aromatic heterocycles. The summed E-state index contributed by atoms with van der Waals surface area (Å²) in [5, 5.41) is 0. The van der Waals surface area contributed by atoms with Gasteiger partial charge in [-0.1, -0.05) is 13.8 Å². The van der Waals surface area contributed by atoms with Gasteiger partial charge in [0.25, 0.3) is 0 Å². The molecule has 0 bridgehead atoms. The monoisotopic (exact) mass is 283 g/mol. The minimum atomic E-state index is 0.141. The van der Waals surface area contributed by atoms with Crippen LogP contribution in [0.3, 0.4) is 0 Å². The second kappa shape index (κ2) is 6.30. The number of likely N-dealkylation sites (N-methyl/N-ethyl adjacent to an activating group) is 1. The smallest absolute Gasteiger partial charge is 0.0685 e. The summed E-state index contributed by atoms with van der Waals surface area (Å²) in [6.45, 7) is 5.47. The van der Waals surface area contributed by atoms with Gasteiger partial charge in [-0.15, -0.1) is 0 Å². The van der Waals surface area contributed by atoms with Crippen LogP contribution in [0.5, 0.6) is 0 Å². The molecule has 4 nitrogen and oxygen atoms in total. The van der Waals surface area contributed by atoms with Crippen LogP contribution in [-0.2, 0) is 4.74 Å². The number of nitrogens with one attached hydrogen (secondary N) is 1. The summed E-state index contributed by atoms with van der Waals surface area (Å²) in [6, 6.07) is 0.342. The van der Waals surface area contributed by atoms with E-state index in [9.17, 15) is 0 Å². The van der Waals surface area contributed by atoms with E-state index in [4.69, 9.17) is 10.6 Å². The molecule has 0 aromatic carbocycles. The lowest BCUT2D eigenvalue weighted by molar-refractivity contribution is -0.153. The molecule has 1 saturated carbocycles. The van der Waals surface area contributed by atoms with Crippen LogP contribution in [-0.4, -0.2) is 42.8 Å². The maximum absolute atomic E-state index is 6.08. The van der Waals surface area contributed by atoms with Gasteiger partial charge < -0.3 is 9.64 Å². The van der Waals surface area contributed by atoms with Crippen molar-refractivity contribution >= 4 is 0 Å². The Morgan fingerprint density at radius 1 is 1.35 bits per heavy atom. The standard InChI is InChI=1S/C16H33N3O/c1-5-16(6-2,19(3)4)14(18-17)13-8-11-20-15(12-13)9-7-10-15/h13-14,18H,5-12,17H2,1-4H3. The van der Waals surface area contributed by atoms with Crippen molar-refractivity contribution in [1.29, 1.82) is 0 Å². The van der Waals surface area contributed by atoms with Gasteiger partial charge >= 0.3 is 0 Å². The van der Waals surface area contributed by atoms with E-state index in [1.54, 1.807) is 0 Å². The number of rotatable bonds is 6. The molecule has 20 heavy (non-hydrogen) atoms. The van der Waals surface area contributed by atoms with Gasteiger partial charge in [-0.3, -0.25) is 11.3 Å². The molecular weight excluding hydrogens is 250 g/mol. The molecule has 4 heteroatoms. The summed E-state index contributed by atoms with van der Waals surface area (Å²) >= 11 is 0. The molecule has 1 aliphatic heterocycles. The van der Waals surface area contributed by atoms with Gasteiger partial charge in [0, 0.05) is 18.2 Å². The van der Waals surface area contributed by atoms with E-state index >= 15 is 0 Å². The van der Waals surface area contributed by atoms with Gasteiger partial charge in [-0.05, 0) is 65.0 Å². The number of nitrogens with two attached hydrogens (primary N) is 1. The van der Waals surface area contributed by atoms with Crippen molar-refractivity contribution in [3.8, 4) is 0 Å². The average Bonchev–Trinajstić information content (AvgIpc) is 2.42. The van der Waals surface area contributed by atoms with E-state index in [1.165, 1.54) is 25.7 Å². The van der Waals surface area contributed by atoms with Crippen molar-refractivity contribution < 1.29 is 4.74 Å². The molecule has 1 aliphatic carbocycles. The zero-order chi connectivity index (χ0) is 14.8. The van der Waals surface area contributed by atoms with E-state index in [2.05, 4.69) is 38.3 Å². The zero-order valence-electron chi connectivity index (χ0n) is 13.7. The Morgan fingerprint density at radius 3 is 2.40 bits per heavy atom. The van der Waals surface area contributed by atoms with Gasteiger partial charge in [0.15, 0.2) is 0 Å². The number of nitrogens with zero attached hydrogens (tertiary/aromatic N) is 1. The third kappa shape index (κ3) is 2.63. The van der Waals surface area contributed by atoms with Crippen LogP contribution < -0.4 is 11.3 Å². The molecule has 3 N–H and O–H groups in total. The Morgan fingerprint density at radius 2 is 2.00 bits per heavy atom. The van der Waals surface area contributed by atoms with E-state index in [1.807, 2.05) is 0 Å². The SMILES string of the molecule is CCC(CC)(C(NN)C1CCOC2(CCC2)C1)N(C)C. The molecule has 2 rings (SSSR count). The molecule has 0 aromatic rings. The van der Waals surface area contributed by atoms with Crippen LogP contribution in [0.15, 0.2) is 0 Å². The molecule has 1 heterocycles. The van der Waals surface area contributed by atoms with Crippen molar-refractivity contribution in [2.75, 3.05) is 20.7 Å². The molecule has 0 radical (unpaired) electrons.